The van der Waals surface area contributed by atoms with Gasteiger partial charge in [0.15, 0.2) is 5.71 Å². The number of hydrogen-bond acceptors (Lipinski definition) is 5. The Morgan fingerprint density at radius 1 is 1.23 bits per heavy atom. The van der Waals surface area contributed by atoms with Gasteiger partial charge in [0.2, 0.25) is 0 Å². The lowest BCUT2D eigenvalue weighted by Crippen LogP contribution is -2.44. The van der Waals surface area contributed by atoms with E-state index in [-0.39, 0.29) is 0 Å². The number of anilines is 1. The van der Waals surface area contributed by atoms with Gasteiger partial charge in [0, 0.05) is 19.0 Å². The highest BCUT2D eigenvalue weighted by Gasteiger charge is 2.64. The van der Waals surface area contributed by atoms with Crippen LogP contribution in [0.25, 0.3) is 6.08 Å². The fourth-order valence-corrected chi connectivity index (χ4v) is 2.45. The van der Waals surface area contributed by atoms with Gasteiger partial charge >= 0.3 is 18.1 Å². The zero-order valence-corrected chi connectivity index (χ0v) is 12.1. The summed E-state index contributed by atoms with van der Waals surface area (Å²) in [7, 11) is 3.47. The summed E-state index contributed by atoms with van der Waals surface area (Å²) in [5.41, 5.74) is -2.64. The molecule has 0 N–H and O–H groups in total. The molecule has 0 fully saturated rings. The van der Waals surface area contributed by atoms with Crippen LogP contribution in [0.3, 0.4) is 0 Å². The maximum Gasteiger partial charge on any atom is 0.459 e. The Balaban J connectivity index is 2.41. The van der Waals surface area contributed by atoms with Crippen molar-refractivity contribution in [1.82, 2.24) is 0 Å². The molecule has 0 saturated carbocycles. The lowest BCUT2D eigenvalue weighted by atomic mass is 10.0. The third-order valence-corrected chi connectivity index (χ3v) is 3.89. The first-order valence-corrected chi connectivity index (χ1v) is 6.59. The number of hydrogen-bond donors (Lipinski definition) is 0. The number of halogens is 5. The van der Waals surface area contributed by atoms with Crippen molar-refractivity contribution in [2.45, 2.75) is 12.1 Å². The Bertz CT molecular complexity index is 661. The highest BCUT2D eigenvalue weighted by atomic mass is 32.1. The first kappa shape index (κ1) is 16.4. The van der Waals surface area contributed by atoms with Crippen molar-refractivity contribution >= 4 is 34.1 Å². The SMILES string of the molecule is CN(C)c1ccc(/C=C2/C(=O)ON=C2C(F)(F)C(F)(F)F)s1. The second-order valence-corrected chi connectivity index (χ2v) is 5.61. The summed E-state index contributed by atoms with van der Waals surface area (Å²) in [5.74, 6) is -6.62. The van der Waals surface area contributed by atoms with E-state index in [0.29, 0.717) is 4.88 Å². The van der Waals surface area contributed by atoms with E-state index in [1.807, 2.05) is 0 Å². The maximum atomic E-state index is 13.4. The van der Waals surface area contributed by atoms with E-state index in [2.05, 4.69) is 9.99 Å². The molecule has 1 aromatic heterocycles. The molecular formula is C12H9F5N2O2S. The van der Waals surface area contributed by atoms with Crippen molar-refractivity contribution in [3.63, 3.8) is 0 Å². The number of nitrogens with zero attached hydrogens (tertiary/aromatic N) is 2. The molecule has 1 aromatic rings. The van der Waals surface area contributed by atoms with Crippen LogP contribution in [-0.2, 0) is 9.63 Å². The smallest absolute Gasteiger partial charge is 0.370 e. The zero-order valence-electron chi connectivity index (χ0n) is 11.2. The van der Waals surface area contributed by atoms with E-state index in [4.69, 9.17) is 0 Å². The van der Waals surface area contributed by atoms with Gasteiger partial charge in [0.1, 0.15) is 0 Å². The number of carbonyl (C=O) groups is 1. The molecule has 0 aliphatic carbocycles. The van der Waals surface area contributed by atoms with E-state index in [1.165, 1.54) is 6.07 Å². The van der Waals surface area contributed by atoms with Crippen molar-refractivity contribution in [2.24, 2.45) is 5.16 Å². The Morgan fingerprint density at radius 3 is 2.36 bits per heavy atom. The number of carbonyl (C=O) groups excluding carboxylic acids is 1. The van der Waals surface area contributed by atoms with Crippen molar-refractivity contribution < 1.29 is 31.6 Å². The molecule has 10 heteroatoms. The zero-order chi connectivity index (χ0) is 16.7. The first-order valence-electron chi connectivity index (χ1n) is 5.77. The monoisotopic (exact) mass is 340 g/mol. The third kappa shape index (κ3) is 2.82. The van der Waals surface area contributed by atoms with Crippen LogP contribution in [0.2, 0.25) is 0 Å². The molecule has 1 aliphatic heterocycles. The van der Waals surface area contributed by atoms with Gasteiger partial charge < -0.3 is 9.74 Å². The summed E-state index contributed by atoms with van der Waals surface area (Å²) in [4.78, 5) is 17.4. The third-order valence-electron chi connectivity index (χ3n) is 2.69. The van der Waals surface area contributed by atoms with Crippen LogP contribution in [-0.4, -0.2) is 37.9 Å². The molecule has 2 heterocycles. The van der Waals surface area contributed by atoms with Crippen LogP contribution in [0.1, 0.15) is 4.88 Å². The Morgan fingerprint density at radius 2 is 1.86 bits per heavy atom. The highest BCUT2D eigenvalue weighted by molar-refractivity contribution is 7.17. The second kappa shape index (κ2) is 5.34. The molecule has 120 valence electrons. The number of thiophene rings is 1. The summed E-state index contributed by atoms with van der Waals surface area (Å²) < 4.78 is 63.9. The van der Waals surface area contributed by atoms with Crippen molar-refractivity contribution in [1.29, 1.82) is 0 Å². The predicted octanol–water partition coefficient (Wildman–Crippen LogP) is 3.31. The summed E-state index contributed by atoms with van der Waals surface area (Å²) in [6, 6.07) is 3.12. The quantitative estimate of drug-likeness (QED) is 0.482. The standard InChI is InChI=1S/C12H9F5N2O2S/c1-19(2)8-4-3-6(22-8)5-7-9(18-21-10(7)20)11(13,14)12(15,16)17/h3-5H,1-2H3/b7-5+. The van der Waals surface area contributed by atoms with Crippen molar-refractivity contribution in [3.05, 3.63) is 22.6 Å². The van der Waals surface area contributed by atoms with E-state index >= 15 is 0 Å². The molecule has 0 bridgehead atoms. The molecule has 0 radical (unpaired) electrons. The highest BCUT2D eigenvalue weighted by Crippen LogP contribution is 2.41. The van der Waals surface area contributed by atoms with E-state index in [1.54, 1.807) is 25.1 Å². The largest absolute Gasteiger partial charge is 0.459 e. The van der Waals surface area contributed by atoms with Crippen molar-refractivity contribution in [3.8, 4) is 0 Å². The maximum absolute atomic E-state index is 13.4. The van der Waals surface area contributed by atoms with Gasteiger partial charge in [-0.25, -0.2) is 4.79 Å². The van der Waals surface area contributed by atoms with Crippen molar-refractivity contribution in [2.75, 3.05) is 19.0 Å². The molecule has 1 aliphatic rings. The molecule has 0 amide bonds. The van der Waals surface area contributed by atoms with Crippen LogP contribution >= 0.6 is 11.3 Å². The van der Waals surface area contributed by atoms with Crippen LogP contribution < -0.4 is 4.90 Å². The lowest BCUT2D eigenvalue weighted by molar-refractivity contribution is -0.249. The fraction of sp³-hybridized carbons (Fsp3) is 0.333. The molecule has 4 nitrogen and oxygen atoms in total. The van der Waals surface area contributed by atoms with Crippen LogP contribution in [0, 0.1) is 0 Å². The molecule has 0 unspecified atom stereocenters. The van der Waals surface area contributed by atoms with Gasteiger partial charge in [0.05, 0.1) is 10.6 Å². The van der Waals surface area contributed by atoms with Crippen LogP contribution in [0.5, 0.6) is 0 Å². The van der Waals surface area contributed by atoms with Gasteiger partial charge in [0.25, 0.3) is 0 Å². The normalized spacial score (nSPS) is 17.7. The molecule has 0 atom stereocenters. The predicted molar refractivity (Wildman–Crippen MR) is 71.2 cm³/mol. The lowest BCUT2D eigenvalue weighted by Gasteiger charge is -2.18. The minimum absolute atomic E-state index is 0.322. The van der Waals surface area contributed by atoms with Gasteiger partial charge in [-0.05, 0) is 18.2 Å². The molecule has 0 saturated heterocycles. The average Bonchev–Trinajstić information content (AvgIpc) is 2.97. The van der Waals surface area contributed by atoms with Crippen LogP contribution in [0.4, 0.5) is 27.0 Å². The van der Waals surface area contributed by atoms with Gasteiger partial charge in [-0.15, -0.1) is 11.3 Å². The summed E-state index contributed by atoms with van der Waals surface area (Å²) in [5, 5.41) is 3.33. The topological polar surface area (TPSA) is 41.9 Å². The molecular weight excluding hydrogens is 331 g/mol. The Kier molecular flexibility index (Phi) is 3.98. The Hall–Kier alpha value is -1.97. The van der Waals surface area contributed by atoms with E-state index in [9.17, 15) is 26.7 Å². The minimum Gasteiger partial charge on any atom is -0.370 e. The second-order valence-electron chi connectivity index (χ2n) is 4.52. The minimum atomic E-state index is -5.87. The number of oxime groups is 1. The summed E-state index contributed by atoms with van der Waals surface area (Å²) >= 11 is 1.11. The van der Waals surface area contributed by atoms with Gasteiger partial charge in [-0.3, -0.25) is 0 Å². The van der Waals surface area contributed by atoms with E-state index in [0.717, 1.165) is 22.4 Å². The summed E-state index contributed by atoms with van der Waals surface area (Å²) in [6.07, 6.45) is -4.96. The van der Waals surface area contributed by atoms with E-state index < -0.39 is 29.4 Å². The summed E-state index contributed by atoms with van der Waals surface area (Å²) in [6.45, 7) is 0. The molecule has 2 rings (SSSR count). The number of alkyl halides is 5. The van der Waals surface area contributed by atoms with Gasteiger partial charge in [-0.1, -0.05) is 5.16 Å². The molecule has 0 spiro atoms. The Labute approximate surface area is 125 Å². The average molecular weight is 340 g/mol. The molecule has 0 aromatic carbocycles. The number of rotatable bonds is 3. The van der Waals surface area contributed by atoms with Crippen LogP contribution in [0.15, 0.2) is 22.9 Å². The fourth-order valence-electron chi connectivity index (χ4n) is 1.57. The van der Waals surface area contributed by atoms with Gasteiger partial charge in [-0.2, -0.15) is 22.0 Å². The first-order chi connectivity index (χ1) is 10.0. The molecule has 22 heavy (non-hydrogen) atoms.